The molecule has 0 aliphatic carbocycles. The molecule has 1 heterocycles. The van der Waals surface area contributed by atoms with Crippen LogP contribution in [-0.2, 0) is 4.79 Å². The number of aryl methyl sites for hydroxylation is 1. The highest BCUT2D eigenvalue weighted by atomic mass is 32.1. The fourth-order valence-electron chi connectivity index (χ4n) is 1.16. The summed E-state index contributed by atoms with van der Waals surface area (Å²) in [5, 5.41) is 5.05. The summed E-state index contributed by atoms with van der Waals surface area (Å²) in [6, 6.07) is 1.06. The molecule has 5 nitrogen and oxygen atoms in total. The van der Waals surface area contributed by atoms with E-state index in [1.54, 1.807) is 13.0 Å². The van der Waals surface area contributed by atoms with Crippen molar-refractivity contribution in [3.63, 3.8) is 0 Å². The quantitative estimate of drug-likeness (QED) is 0.720. The first-order valence-corrected chi connectivity index (χ1v) is 5.65. The summed E-state index contributed by atoms with van der Waals surface area (Å²) in [6.07, 6.45) is 0. The molecule has 0 aliphatic rings. The molecule has 1 aromatic rings. The first-order chi connectivity index (χ1) is 7.45. The summed E-state index contributed by atoms with van der Waals surface area (Å²) in [5.41, 5.74) is 6.25. The summed E-state index contributed by atoms with van der Waals surface area (Å²) in [4.78, 5) is 24.3. The standard InChI is InChI=1S/C10H15N3O2S/c1-5(9(14)12-3)13-10(15)8-4-7(11)6(2)16-8/h4-5H,11H2,1-3H3,(H,12,14)(H,13,15). The first-order valence-electron chi connectivity index (χ1n) is 4.84. The van der Waals surface area contributed by atoms with Crippen LogP contribution >= 0.6 is 11.3 Å². The van der Waals surface area contributed by atoms with Gasteiger partial charge < -0.3 is 16.4 Å². The second-order valence-corrected chi connectivity index (χ2v) is 4.69. The molecule has 0 saturated carbocycles. The molecule has 1 unspecified atom stereocenters. The van der Waals surface area contributed by atoms with E-state index < -0.39 is 6.04 Å². The lowest BCUT2D eigenvalue weighted by molar-refractivity contribution is -0.122. The SMILES string of the molecule is CNC(=O)C(C)NC(=O)c1cc(N)c(C)s1. The molecule has 0 aliphatic heterocycles. The van der Waals surface area contributed by atoms with Gasteiger partial charge in [-0.05, 0) is 19.9 Å². The number of rotatable bonds is 3. The molecule has 6 heteroatoms. The van der Waals surface area contributed by atoms with E-state index in [2.05, 4.69) is 10.6 Å². The Kier molecular flexibility index (Phi) is 3.89. The van der Waals surface area contributed by atoms with E-state index in [4.69, 9.17) is 5.73 Å². The highest BCUT2D eigenvalue weighted by Gasteiger charge is 2.17. The Morgan fingerprint density at radius 2 is 2.12 bits per heavy atom. The molecule has 0 bridgehead atoms. The van der Waals surface area contributed by atoms with Crippen LogP contribution in [-0.4, -0.2) is 24.9 Å². The lowest BCUT2D eigenvalue weighted by Crippen LogP contribution is -2.43. The number of hydrogen-bond acceptors (Lipinski definition) is 4. The van der Waals surface area contributed by atoms with Crippen molar-refractivity contribution in [2.45, 2.75) is 19.9 Å². The first kappa shape index (κ1) is 12.5. The Bertz CT molecular complexity index is 395. The minimum atomic E-state index is -0.555. The van der Waals surface area contributed by atoms with Gasteiger partial charge in [-0.25, -0.2) is 0 Å². The van der Waals surface area contributed by atoms with E-state index in [1.807, 2.05) is 6.92 Å². The molecule has 4 N–H and O–H groups in total. The van der Waals surface area contributed by atoms with Crippen LogP contribution in [0.2, 0.25) is 0 Å². The molecule has 2 amide bonds. The highest BCUT2D eigenvalue weighted by molar-refractivity contribution is 7.14. The fraction of sp³-hybridized carbons (Fsp3) is 0.400. The van der Waals surface area contributed by atoms with Crippen LogP contribution in [0.3, 0.4) is 0 Å². The van der Waals surface area contributed by atoms with Crippen LogP contribution in [0.5, 0.6) is 0 Å². The van der Waals surface area contributed by atoms with E-state index >= 15 is 0 Å². The number of anilines is 1. The van der Waals surface area contributed by atoms with Crippen molar-refractivity contribution < 1.29 is 9.59 Å². The average Bonchev–Trinajstić information content (AvgIpc) is 2.58. The van der Waals surface area contributed by atoms with Gasteiger partial charge >= 0.3 is 0 Å². The zero-order valence-electron chi connectivity index (χ0n) is 9.46. The van der Waals surface area contributed by atoms with Crippen molar-refractivity contribution >= 4 is 28.8 Å². The second kappa shape index (κ2) is 4.98. The second-order valence-electron chi connectivity index (χ2n) is 3.43. The lowest BCUT2D eigenvalue weighted by Gasteiger charge is -2.10. The zero-order valence-corrected chi connectivity index (χ0v) is 10.3. The van der Waals surface area contributed by atoms with Gasteiger partial charge in [0, 0.05) is 17.6 Å². The van der Waals surface area contributed by atoms with Crippen molar-refractivity contribution in [1.29, 1.82) is 0 Å². The smallest absolute Gasteiger partial charge is 0.262 e. The van der Waals surface area contributed by atoms with Crippen LogP contribution in [0.25, 0.3) is 0 Å². The number of likely N-dealkylation sites (N-methyl/N-ethyl adjacent to an activating group) is 1. The maximum Gasteiger partial charge on any atom is 0.262 e. The summed E-state index contributed by atoms with van der Waals surface area (Å²) < 4.78 is 0. The van der Waals surface area contributed by atoms with E-state index in [0.717, 1.165) is 4.88 Å². The van der Waals surface area contributed by atoms with Crippen LogP contribution in [0.15, 0.2) is 6.07 Å². The Morgan fingerprint density at radius 3 is 2.56 bits per heavy atom. The molecule has 0 spiro atoms. The Labute approximate surface area is 98.0 Å². The van der Waals surface area contributed by atoms with Crippen LogP contribution in [0, 0.1) is 6.92 Å². The molecular weight excluding hydrogens is 226 g/mol. The van der Waals surface area contributed by atoms with Gasteiger partial charge in [0.2, 0.25) is 5.91 Å². The number of amides is 2. The summed E-state index contributed by atoms with van der Waals surface area (Å²) in [5.74, 6) is -0.504. The van der Waals surface area contributed by atoms with E-state index in [9.17, 15) is 9.59 Å². The molecule has 1 atom stereocenters. The van der Waals surface area contributed by atoms with Crippen molar-refractivity contribution in [1.82, 2.24) is 10.6 Å². The van der Waals surface area contributed by atoms with Gasteiger partial charge in [0.05, 0.1) is 4.88 Å². The van der Waals surface area contributed by atoms with Gasteiger partial charge in [-0.1, -0.05) is 0 Å². The maximum atomic E-state index is 11.7. The third-order valence-electron chi connectivity index (χ3n) is 2.17. The van der Waals surface area contributed by atoms with E-state index in [1.165, 1.54) is 18.4 Å². The van der Waals surface area contributed by atoms with Crippen molar-refractivity contribution in [2.24, 2.45) is 0 Å². The zero-order chi connectivity index (χ0) is 12.3. The molecule has 0 fully saturated rings. The Morgan fingerprint density at radius 1 is 1.50 bits per heavy atom. The topological polar surface area (TPSA) is 84.2 Å². The minimum absolute atomic E-state index is 0.227. The molecule has 1 rings (SSSR count). The van der Waals surface area contributed by atoms with Gasteiger partial charge in [0.15, 0.2) is 0 Å². The molecule has 0 radical (unpaired) electrons. The average molecular weight is 241 g/mol. The van der Waals surface area contributed by atoms with Gasteiger partial charge in [0.25, 0.3) is 5.91 Å². The number of nitrogens with one attached hydrogen (secondary N) is 2. The van der Waals surface area contributed by atoms with Crippen molar-refractivity contribution in [3.05, 3.63) is 15.8 Å². The molecule has 88 valence electrons. The van der Waals surface area contributed by atoms with Crippen LogP contribution in [0.4, 0.5) is 5.69 Å². The number of carbonyl (C=O) groups is 2. The lowest BCUT2D eigenvalue weighted by atomic mass is 10.3. The summed E-state index contributed by atoms with van der Waals surface area (Å²) >= 11 is 1.32. The number of carbonyl (C=O) groups excluding carboxylic acids is 2. The monoisotopic (exact) mass is 241 g/mol. The van der Waals surface area contributed by atoms with Gasteiger partial charge in [-0.2, -0.15) is 0 Å². The molecular formula is C10H15N3O2S. The molecule has 0 saturated heterocycles. The predicted octanol–water partition coefficient (Wildman–Crippen LogP) is 0.503. The molecule has 1 aromatic heterocycles. The van der Waals surface area contributed by atoms with Crippen molar-refractivity contribution in [2.75, 3.05) is 12.8 Å². The normalized spacial score (nSPS) is 11.9. The molecule has 0 aromatic carbocycles. The van der Waals surface area contributed by atoms with E-state index in [0.29, 0.717) is 10.6 Å². The summed E-state index contributed by atoms with van der Waals surface area (Å²) in [7, 11) is 1.53. The van der Waals surface area contributed by atoms with E-state index in [-0.39, 0.29) is 11.8 Å². The maximum absolute atomic E-state index is 11.7. The fourth-order valence-corrected chi connectivity index (χ4v) is 2.00. The van der Waals surface area contributed by atoms with Crippen LogP contribution in [0.1, 0.15) is 21.5 Å². The Balaban J connectivity index is 2.69. The number of hydrogen-bond donors (Lipinski definition) is 3. The highest BCUT2D eigenvalue weighted by Crippen LogP contribution is 2.23. The van der Waals surface area contributed by atoms with Gasteiger partial charge in [0.1, 0.15) is 6.04 Å². The van der Waals surface area contributed by atoms with Gasteiger partial charge in [-0.3, -0.25) is 9.59 Å². The summed E-state index contributed by atoms with van der Waals surface area (Å²) in [6.45, 7) is 3.47. The predicted molar refractivity (Wildman–Crippen MR) is 64.5 cm³/mol. The molecule has 16 heavy (non-hydrogen) atoms. The third kappa shape index (κ3) is 2.73. The van der Waals surface area contributed by atoms with Crippen LogP contribution < -0.4 is 16.4 Å². The Hall–Kier alpha value is -1.56. The minimum Gasteiger partial charge on any atom is -0.398 e. The van der Waals surface area contributed by atoms with Crippen molar-refractivity contribution in [3.8, 4) is 0 Å². The number of thiophene rings is 1. The largest absolute Gasteiger partial charge is 0.398 e. The number of nitrogen functional groups attached to an aromatic ring is 1. The van der Waals surface area contributed by atoms with Gasteiger partial charge in [-0.15, -0.1) is 11.3 Å². The third-order valence-corrected chi connectivity index (χ3v) is 3.23. The number of nitrogens with two attached hydrogens (primary N) is 1.